The number of nitrogens with zero attached hydrogens (tertiary/aromatic N) is 1. The van der Waals surface area contributed by atoms with Crippen molar-refractivity contribution < 1.29 is 9.53 Å². The third-order valence-corrected chi connectivity index (χ3v) is 2.81. The molecule has 0 aromatic heterocycles. The summed E-state index contributed by atoms with van der Waals surface area (Å²) < 4.78 is 5.26. The number of carbonyl (C=O) groups excluding carboxylic acids is 1. The standard InChI is InChI=1S/C14H18N2O2/c1-5-11(8-15)14(17)16-12-6-9(2)13(18-4)10(3)7-12/h6-7,11H,5H2,1-4H3,(H,16,17). The molecule has 1 N–H and O–H groups in total. The third kappa shape index (κ3) is 3.01. The van der Waals surface area contributed by atoms with E-state index < -0.39 is 5.92 Å². The molecule has 18 heavy (non-hydrogen) atoms. The Morgan fingerprint density at radius 2 is 2.00 bits per heavy atom. The summed E-state index contributed by atoms with van der Waals surface area (Å²) in [4.78, 5) is 11.8. The zero-order valence-electron chi connectivity index (χ0n) is 11.2. The molecule has 0 aliphatic heterocycles. The van der Waals surface area contributed by atoms with Gasteiger partial charge in [0.25, 0.3) is 0 Å². The first-order chi connectivity index (χ1) is 8.53. The van der Waals surface area contributed by atoms with Gasteiger partial charge in [0.05, 0.1) is 13.2 Å². The molecule has 0 bridgehead atoms. The van der Waals surface area contributed by atoms with E-state index in [9.17, 15) is 4.79 Å². The lowest BCUT2D eigenvalue weighted by Gasteiger charge is -2.13. The second kappa shape index (κ2) is 6.06. The van der Waals surface area contributed by atoms with E-state index in [1.165, 1.54) is 0 Å². The van der Waals surface area contributed by atoms with Gasteiger partial charge in [-0.05, 0) is 43.5 Å². The maximum Gasteiger partial charge on any atom is 0.241 e. The molecule has 0 fully saturated rings. The highest BCUT2D eigenvalue weighted by atomic mass is 16.5. The molecule has 1 amide bonds. The van der Waals surface area contributed by atoms with Gasteiger partial charge in [-0.25, -0.2) is 0 Å². The molecule has 1 aromatic carbocycles. The molecule has 0 radical (unpaired) electrons. The Labute approximate surface area is 108 Å². The molecule has 0 heterocycles. The number of aryl methyl sites for hydroxylation is 2. The van der Waals surface area contributed by atoms with E-state index >= 15 is 0 Å². The Morgan fingerprint density at radius 1 is 1.44 bits per heavy atom. The number of rotatable bonds is 4. The molecule has 1 rings (SSSR count). The lowest BCUT2D eigenvalue weighted by Crippen LogP contribution is -2.21. The summed E-state index contributed by atoms with van der Waals surface area (Å²) in [6.45, 7) is 5.66. The Morgan fingerprint density at radius 3 is 2.39 bits per heavy atom. The Hall–Kier alpha value is -2.02. The zero-order valence-corrected chi connectivity index (χ0v) is 11.2. The van der Waals surface area contributed by atoms with Crippen LogP contribution >= 0.6 is 0 Å². The minimum Gasteiger partial charge on any atom is -0.496 e. The van der Waals surface area contributed by atoms with Gasteiger partial charge in [-0.1, -0.05) is 6.92 Å². The topological polar surface area (TPSA) is 62.1 Å². The highest BCUT2D eigenvalue weighted by Crippen LogP contribution is 2.27. The summed E-state index contributed by atoms with van der Waals surface area (Å²) in [5.74, 6) is -0.0444. The van der Waals surface area contributed by atoms with Gasteiger partial charge in [0.2, 0.25) is 5.91 Å². The van der Waals surface area contributed by atoms with Crippen LogP contribution in [-0.2, 0) is 4.79 Å². The van der Waals surface area contributed by atoms with Gasteiger partial charge in [-0.3, -0.25) is 4.79 Å². The van der Waals surface area contributed by atoms with Crippen molar-refractivity contribution in [2.75, 3.05) is 12.4 Å². The SMILES string of the molecule is CCC(C#N)C(=O)Nc1cc(C)c(OC)c(C)c1. The van der Waals surface area contributed by atoms with Crippen LogP contribution in [0.2, 0.25) is 0 Å². The predicted octanol–water partition coefficient (Wildman–Crippen LogP) is 2.80. The summed E-state index contributed by atoms with van der Waals surface area (Å²) in [6.07, 6.45) is 0.510. The van der Waals surface area contributed by atoms with E-state index in [0.29, 0.717) is 12.1 Å². The highest BCUT2D eigenvalue weighted by molar-refractivity contribution is 5.94. The van der Waals surface area contributed by atoms with Crippen molar-refractivity contribution in [3.8, 4) is 11.8 Å². The summed E-state index contributed by atoms with van der Waals surface area (Å²) >= 11 is 0. The van der Waals surface area contributed by atoms with Gasteiger partial charge in [0, 0.05) is 5.69 Å². The fraction of sp³-hybridized carbons (Fsp3) is 0.429. The van der Waals surface area contributed by atoms with Crippen molar-refractivity contribution in [2.24, 2.45) is 5.92 Å². The minimum absolute atomic E-state index is 0.260. The number of carbonyl (C=O) groups is 1. The van der Waals surface area contributed by atoms with Crippen LogP contribution in [0.5, 0.6) is 5.75 Å². The van der Waals surface area contributed by atoms with Crippen molar-refractivity contribution >= 4 is 11.6 Å². The molecule has 1 atom stereocenters. The van der Waals surface area contributed by atoms with Crippen LogP contribution in [0, 0.1) is 31.1 Å². The Bertz CT molecular complexity index is 466. The largest absolute Gasteiger partial charge is 0.496 e. The summed E-state index contributed by atoms with van der Waals surface area (Å²) in [5, 5.41) is 11.6. The molecule has 4 heteroatoms. The molecule has 1 unspecified atom stereocenters. The number of ether oxygens (including phenoxy) is 1. The van der Waals surface area contributed by atoms with Crippen LogP contribution in [0.1, 0.15) is 24.5 Å². The van der Waals surface area contributed by atoms with Crippen molar-refractivity contribution in [3.63, 3.8) is 0 Å². The molecule has 1 aromatic rings. The van der Waals surface area contributed by atoms with Gasteiger partial charge in [-0.15, -0.1) is 0 Å². The average molecular weight is 246 g/mol. The number of nitrogens with one attached hydrogen (secondary N) is 1. The van der Waals surface area contributed by atoms with Gasteiger partial charge >= 0.3 is 0 Å². The first-order valence-corrected chi connectivity index (χ1v) is 5.89. The van der Waals surface area contributed by atoms with E-state index in [-0.39, 0.29) is 5.91 Å². The van der Waals surface area contributed by atoms with Gasteiger partial charge in [0.1, 0.15) is 11.7 Å². The summed E-state index contributed by atoms with van der Waals surface area (Å²) in [7, 11) is 1.62. The van der Waals surface area contributed by atoms with Crippen molar-refractivity contribution in [3.05, 3.63) is 23.3 Å². The highest BCUT2D eigenvalue weighted by Gasteiger charge is 2.16. The van der Waals surface area contributed by atoms with Crippen LogP contribution < -0.4 is 10.1 Å². The van der Waals surface area contributed by atoms with Gasteiger partial charge in [0.15, 0.2) is 0 Å². The molecule has 0 aliphatic rings. The van der Waals surface area contributed by atoms with Crippen LogP contribution in [0.15, 0.2) is 12.1 Å². The van der Waals surface area contributed by atoms with Gasteiger partial charge < -0.3 is 10.1 Å². The minimum atomic E-state index is -0.604. The zero-order chi connectivity index (χ0) is 13.7. The Balaban J connectivity index is 2.93. The van der Waals surface area contributed by atoms with Crippen LogP contribution in [-0.4, -0.2) is 13.0 Å². The third-order valence-electron chi connectivity index (χ3n) is 2.81. The fourth-order valence-corrected chi connectivity index (χ4v) is 1.91. The average Bonchev–Trinajstić information content (AvgIpc) is 2.30. The van der Waals surface area contributed by atoms with Crippen molar-refractivity contribution in [1.82, 2.24) is 0 Å². The first-order valence-electron chi connectivity index (χ1n) is 5.89. The number of anilines is 1. The normalized spacial score (nSPS) is 11.5. The quantitative estimate of drug-likeness (QED) is 0.888. The monoisotopic (exact) mass is 246 g/mol. The van der Waals surface area contributed by atoms with Crippen molar-refractivity contribution in [1.29, 1.82) is 5.26 Å². The van der Waals surface area contributed by atoms with E-state index in [0.717, 1.165) is 16.9 Å². The lowest BCUT2D eigenvalue weighted by molar-refractivity contribution is -0.118. The molecule has 0 aliphatic carbocycles. The number of methoxy groups -OCH3 is 1. The van der Waals surface area contributed by atoms with Crippen LogP contribution in [0.3, 0.4) is 0 Å². The molecule has 0 saturated carbocycles. The molecular formula is C14H18N2O2. The van der Waals surface area contributed by atoms with E-state index in [1.807, 2.05) is 39.0 Å². The smallest absolute Gasteiger partial charge is 0.241 e. The lowest BCUT2D eigenvalue weighted by atomic mass is 10.1. The predicted molar refractivity (Wildman–Crippen MR) is 70.5 cm³/mol. The van der Waals surface area contributed by atoms with Gasteiger partial charge in [-0.2, -0.15) is 5.26 Å². The second-order valence-corrected chi connectivity index (χ2v) is 4.22. The molecule has 0 saturated heterocycles. The second-order valence-electron chi connectivity index (χ2n) is 4.22. The Kier molecular flexibility index (Phi) is 4.73. The first kappa shape index (κ1) is 14.0. The van der Waals surface area contributed by atoms with Crippen LogP contribution in [0.4, 0.5) is 5.69 Å². The van der Waals surface area contributed by atoms with E-state index in [2.05, 4.69) is 5.32 Å². The van der Waals surface area contributed by atoms with E-state index in [4.69, 9.17) is 10.00 Å². The molecule has 96 valence electrons. The van der Waals surface area contributed by atoms with Crippen molar-refractivity contribution in [2.45, 2.75) is 27.2 Å². The molecule has 4 nitrogen and oxygen atoms in total. The number of amides is 1. The number of benzene rings is 1. The summed E-state index contributed by atoms with van der Waals surface area (Å²) in [6, 6.07) is 5.67. The molecule has 0 spiro atoms. The summed E-state index contributed by atoms with van der Waals surface area (Å²) in [5.41, 5.74) is 2.61. The number of hydrogen-bond donors (Lipinski definition) is 1. The van der Waals surface area contributed by atoms with Crippen LogP contribution in [0.25, 0.3) is 0 Å². The maximum absolute atomic E-state index is 11.8. The molecular weight excluding hydrogens is 228 g/mol. The number of nitriles is 1. The maximum atomic E-state index is 11.8. The fourth-order valence-electron chi connectivity index (χ4n) is 1.91. The van der Waals surface area contributed by atoms with E-state index in [1.54, 1.807) is 7.11 Å². The number of hydrogen-bond acceptors (Lipinski definition) is 3.